The van der Waals surface area contributed by atoms with Gasteiger partial charge in [-0.15, -0.1) is 0 Å². The maximum atomic E-state index is 12.1. The van der Waals surface area contributed by atoms with Crippen LogP contribution in [-0.4, -0.2) is 15.5 Å². The Morgan fingerprint density at radius 3 is 2.71 bits per heavy atom. The number of nitrogens with zero attached hydrogens (tertiary/aromatic N) is 2. The van der Waals surface area contributed by atoms with E-state index in [0.29, 0.717) is 6.42 Å². The molecule has 3 rings (SSSR count). The van der Waals surface area contributed by atoms with Crippen molar-refractivity contribution in [1.29, 1.82) is 0 Å². The SMILES string of the molecule is Cc1nc2cc(CC(=O)Nc3ccccc3)ccc2n1C. The Kier molecular flexibility index (Phi) is 3.44. The molecule has 106 valence electrons. The van der Waals surface area contributed by atoms with Crippen molar-refractivity contribution in [3.05, 3.63) is 59.9 Å². The van der Waals surface area contributed by atoms with Crippen molar-refractivity contribution in [2.45, 2.75) is 13.3 Å². The minimum Gasteiger partial charge on any atom is -0.331 e. The number of benzene rings is 2. The van der Waals surface area contributed by atoms with E-state index in [0.717, 1.165) is 28.1 Å². The van der Waals surface area contributed by atoms with Crippen molar-refractivity contribution in [2.75, 3.05) is 5.32 Å². The Hall–Kier alpha value is -2.62. The summed E-state index contributed by atoms with van der Waals surface area (Å²) in [5, 5.41) is 2.89. The van der Waals surface area contributed by atoms with E-state index in [1.807, 2.05) is 67.1 Å². The molecule has 0 saturated heterocycles. The van der Waals surface area contributed by atoms with E-state index in [1.54, 1.807) is 0 Å². The van der Waals surface area contributed by atoms with Crippen LogP contribution in [0.25, 0.3) is 11.0 Å². The predicted octanol–water partition coefficient (Wildman–Crippen LogP) is 3.06. The number of rotatable bonds is 3. The molecule has 0 spiro atoms. The minimum absolute atomic E-state index is 0.0202. The van der Waals surface area contributed by atoms with Crippen LogP contribution in [0.4, 0.5) is 5.69 Å². The van der Waals surface area contributed by atoms with Crippen molar-refractivity contribution >= 4 is 22.6 Å². The van der Waals surface area contributed by atoms with Crippen LogP contribution in [0.3, 0.4) is 0 Å². The highest BCUT2D eigenvalue weighted by atomic mass is 16.1. The Bertz CT molecular complexity index is 790. The van der Waals surface area contributed by atoms with Crippen LogP contribution < -0.4 is 5.32 Å². The number of hydrogen-bond donors (Lipinski definition) is 1. The number of hydrogen-bond acceptors (Lipinski definition) is 2. The maximum absolute atomic E-state index is 12.1. The molecule has 0 saturated carbocycles. The smallest absolute Gasteiger partial charge is 0.228 e. The third-order valence-corrected chi connectivity index (χ3v) is 3.59. The third-order valence-electron chi connectivity index (χ3n) is 3.59. The first-order valence-electron chi connectivity index (χ1n) is 6.90. The van der Waals surface area contributed by atoms with E-state index in [4.69, 9.17) is 0 Å². The summed E-state index contributed by atoms with van der Waals surface area (Å²) in [6.07, 6.45) is 0.348. The van der Waals surface area contributed by atoms with Gasteiger partial charge in [-0.05, 0) is 36.8 Å². The van der Waals surface area contributed by atoms with Crippen LogP contribution in [0.2, 0.25) is 0 Å². The van der Waals surface area contributed by atoms with Gasteiger partial charge in [0.1, 0.15) is 5.82 Å². The first-order valence-corrected chi connectivity index (χ1v) is 6.90. The minimum atomic E-state index is -0.0202. The molecule has 0 atom stereocenters. The molecule has 21 heavy (non-hydrogen) atoms. The summed E-state index contributed by atoms with van der Waals surface area (Å²) in [7, 11) is 1.99. The molecule has 0 aliphatic carbocycles. The molecule has 0 aliphatic rings. The molecule has 0 aliphatic heterocycles. The van der Waals surface area contributed by atoms with Gasteiger partial charge in [-0.3, -0.25) is 4.79 Å². The topological polar surface area (TPSA) is 46.9 Å². The molecule has 3 aromatic rings. The molecule has 0 fully saturated rings. The second-order valence-electron chi connectivity index (χ2n) is 5.13. The molecule has 0 unspecified atom stereocenters. The highest BCUT2D eigenvalue weighted by Gasteiger charge is 2.08. The average Bonchev–Trinajstić information content (AvgIpc) is 2.74. The van der Waals surface area contributed by atoms with Crippen LogP contribution in [0, 0.1) is 6.92 Å². The average molecular weight is 279 g/mol. The van der Waals surface area contributed by atoms with Gasteiger partial charge >= 0.3 is 0 Å². The van der Waals surface area contributed by atoms with Crippen LogP contribution in [0.15, 0.2) is 48.5 Å². The maximum Gasteiger partial charge on any atom is 0.228 e. The van der Waals surface area contributed by atoms with Gasteiger partial charge in [-0.25, -0.2) is 4.98 Å². The van der Waals surface area contributed by atoms with Gasteiger partial charge in [0.2, 0.25) is 5.91 Å². The van der Waals surface area contributed by atoms with Gasteiger partial charge in [0, 0.05) is 12.7 Å². The Labute approximate surface area is 123 Å². The molecule has 2 aromatic carbocycles. The number of nitrogens with one attached hydrogen (secondary N) is 1. The lowest BCUT2D eigenvalue weighted by Gasteiger charge is -2.05. The van der Waals surface area contributed by atoms with Crippen LogP contribution in [0.1, 0.15) is 11.4 Å². The fraction of sp³-hybridized carbons (Fsp3) is 0.176. The van der Waals surface area contributed by atoms with E-state index in [1.165, 1.54) is 0 Å². The third kappa shape index (κ3) is 2.79. The largest absolute Gasteiger partial charge is 0.331 e. The Balaban J connectivity index is 1.77. The van der Waals surface area contributed by atoms with E-state index in [2.05, 4.69) is 10.3 Å². The monoisotopic (exact) mass is 279 g/mol. The van der Waals surface area contributed by atoms with Gasteiger partial charge < -0.3 is 9.88 Å². The molecule has 0 radical (unpaired) electrons. The highest BCUT2D eigenvalue weighted by molar-refractivity contribution is 5.92. The normalized spacial score (nSPS) is 10.8. The lowest BCUT2D eigenvalue weighted by Crippen LogP contribution is -2.14. The number of anilines is 1. The highest BCUT2D eigenvalue weighted by Crippen LogP contribution is 2.17. The van der Waals surface area contributed by atoms with E-state index in [9.17, 15) is 4.79 Å². The second-order valence-corrected chi connectivity index (χ2v) is 5.13. The zero-order chi connectivity index (χ0) is 14.8. The van der Waals surface area contributed by atoms with Crippen LogP contribution in [0.5, 0.6) is 0 Å². The zero-order valence-electron chi connectivity index (χ0n) is 12.1. The second kappa shape index (κ2) is 5.40. The number of amides is 1. The van der Waals surface area contributed by atoms with E-state index in [-0.39, 0.29) is 5.91 Å². The van der Waals surface area contributed by atoms with Crippen molar-refractivity contribution in [3.63, 3.8) is 0 Å². The lowest BCUT2D eigenvalue weighted by molar-refractivity contribution is -0.115. The van der Waals surface area contributed by atoms with Gasteiger partial charge in [0.05, 0.1) is 17.5 Å². The number of carbonyl (C=O) groups is 1. The summed E-state index contributed by atoms with van der Waals surface area (Å²) in [4.78, 5) is 16.5. The van der Waals surface area contributed by atoms with E-state index >= 15 is 0 Å². The van der Waals surface area contributed by atoms with Crippen LogP contribution in [-0.2, 0) is 18.3 Å². The fourth-order valence-electron chi connectivity index (χ4n) is 2.39. The molecular weight excluding hydrogens is 262 g/mol. The summed E-state index contributed by atoms with van der Waals surface area (Å²) in [5.74, 6) is 0.948. The molecule has 1 N–H and O–H groups in total. The Morgan fingerprint density at radius 2 is 1.95 bits per heavy atom. The van der Waals surface area contributed by atoms with Gasteiger partial charge in [-0.1, -0.05) is 24.3 Å². The fourth-order valence-corrected chi connectivity index (χ4v) is 2.39. The molecular formula is C17H17N3O. The van der Waals surface area contributed by atoms with Crippen LogP contribution >= 0.6 is 0 Å². The summed E-state index contributed by atoms with van der Waals surface area (Å²) in [5.41, 5.74) is 3.80. The number of imidazole rings is 1. The van der Waals surface area contributed by atoms with E-state index < -0.39 is 0 Å². The van der Waals surface area contributed by atoms with Gasteiger partial charge in [0.15, 0.2) is 0 Å². The summed E-state index contributed by atoms with van der Waals surface area (Å²) < 4.78 is 2.04. The van der Waals surface area contributed by atoms with Gasteiger partial charge in [0.25, 0.3) is 0 Å². The van der Waals surface area contributed by atoms with Crippen molar-refractivity contribution < 1.29 is 4.79 Å². The zero-order valence-corrected chi connectivity index (χ0v) is 12.1. The number of fused-ring (bicyclic) bond motifs is 1. The summed E-state index contributed by atoms with van der Waals surface area (Å²) in [6.45, 7) is 1.97. The number of para-hydroxylation sites is 1. The Morgan fingerprint density at radius 1 is 1.19 bits per heavy atom. The predicted molar refractivity (Wildman–Crippen MR) is 84.2 cm³/mol. The summed E-state index contributed by atoms with van der Waals surface area (Å²) in [6, 6.07) is 15.5. The standard InChI is InChI=1S/C17H17N3O/c1-12-18-15-10-13(8-9-16(15)20(12)2)11-17(21)19-14-6-4-3-5-7-14/h3-10H,11H2,1-2H3,(H,19,21). The van der Waals surface area contributed by atoms with Crippen molar-refractivity contribution in [2.24, 2.45) is 7.05 Å². The molecule has 4 nitrogen and oxygen atoms in total. The quantitative estimate of drug-likeness (QED) is 0.801. The molecule has 1 amide bonds. The first-order chi connectivity index (χ1) is 10.1. The van der Waals surface area contributed by atoms with Crippen molar-refractivity contribution in [3.8, 4) is 0 Å². The number of aromatic nitrogens is 2. The number of carbonyl (C=O) groups excluding carboxylic acids is 1. The van der Waals surface area contributed by atoms with Gasteiger partial charge in [-0.2, -0.15) is 0 Å². The van der Waals surface area contributed by atoms with Crippen molar-refractivity contribution in [1.82, 2.24) is 9.55 Å². The molecule has 4 heteroatoms. The molecule has 1 heterocycles. The molecule has 1 aromatic heterocycles. The first kappa shape index (κ1) is 13.4. The summed E-state index contributed by atoms with van der Waals surface area (Å²) >= 11 is 0. The lowest BCUT2D eigenvalue weighted by atomic mass is 10.1. The number of aryl methyl sites for hydroxylation is 2. The molecule has 0 bridgehead atoms.